The third-order valence-corrected chi connectivity index (χ3v) is 5.17. The van der Waals surface area contributed by atoms with Crippen molar-refractivity contribution >= 4 is 28.7 Å². The summed E-state index contributed by atoms with van der Waals surface area (Å²) >= 11 is 0. The number of aliphatic hydroxyl groups is 1. The summed E-state index contributed by atoms with van der Waals surface area (Å²) in [6.07, 6.45) is 5.36. The van der Waals surface area contributed by atoms with E-state index >= 15 is 0 Å². The molecular weight excluding hydrogens is 370 g/mol. The number of benzene rings is 1. The van der Waals surface area contributed by atoms with Gasteiger partial charge in [-0.1, -0.05) is 12.1 Å². The van der Waals surface area contributed by atoms with E-state index in [1.165, 1.54) is 0 Å². The molecule has 1 aliphatic rings. The Labute approximate surface area is 170 Å². The number of hydrogen-bond donors (Lipinski definition) is 4. The van der Waals surface area contributed by atoms with Gasteiger partial charge in [0, 0.05) is 30.6 Å². The second-order valence-corrected chi connectivity index (χ2v) is 8.33. The van der Waals surface area contributed by atoms with E-state index in [2.05, 4.69) is 25.9 Å². The summed E-state index contributed by atoms with van der Waals surface area (Å²) in [6, 6.07) is 5.84. The van der Waals surface area contributed by atoms with E-state index in [1.807, 2.05) is 6.07 Å². The summed E-state index contributed by atoms with van der Waals surface area (Å²) in [7, 11) is 0. The highest BCUT2D eigenvalue weighted by Gasteiger charge is 2.24. The predicted molar refractivity (Wildman–Crippen MR) is 112 cm³/mol. The lowest BCUT2D eigenvalue weighted by atomic mass is 9.91. The standard InChI is InChI=1S/C21H29N5O3/c1-13(28)23-15-7-9-16(10-8-15)24-20-22-11-14-5-4-6-17(18(14)25-20)19(29)26-21(2,3)12-27/h4-6,11,15-16,27H,7-10,12H2,1-3H3,(H,23,28)(H,26,29)(H,22,24,25)/t15-,16-. The number of aliphatic hydroxyl groups excluding tert-OH is 1. The number of hydrogen-bond acceptors (Lipinski definition) is 6. The monoisotopic (exact) mass is 399 g/mol. The van der Waals surface area contributed by atoms with Crippen LogP contribution in [-0.4, -0.2) is 51.1 Å². The molecule has 0 saturated heterocycles. The van der Waals surface area contributed by atoms with Crippen molar-refractivity contribution in [3.8, 4) is 0 Å². The summed E-state index contributed by atoms with van der Waals surface area (Å²) < 4.78 is 0. The lowest BCUT2D eigenvalue weighted by molar-refractivity contribution is -0.119. The summed E-state index contributed by atoms with van der Waals surface area (Å²) in [6.45, 7) is 4.90. The first kappa shape index (κ1) is 21.0. The molecule has 0 atom stereocenters. The number of rotatable bonds is 6. The van der Waals surface area contributed by atoms with Crippen LogP contribution in [-0.2, 0) is 4.79 Å². The van der Waals surface area contributed by atoms with E-state index in [0.29, 0.717) is 17.0 Å². The number of para-hydroxylation sites is 1. The Morgan fingerprint density at radius 2 is 1.86 bits per heavy atom. The number of anilines is 1. The van der Waals surface area contributed by atoms with Gasteiger partial charge in [-0.05, 0) is 45.6 Å². The van der Waals surface area contributed by atoms with Gasteiger partial charge in [0.05, 0.1) is 23.2 Å². The van der Waals surface area contributed by atoms with Crippen molar-refractivity contribution in [2.24, 2.45) is 0 Å². The normalized spacial score (nSPS) is 19.6. The van der Waals surface area contributed by atoms with Gasteiger partial charge in [-0.25, -0.2) is 9.97 Å². The van der Waals surface area contributed by atoms with E-state index in [1.54, 1.807) is 39.1 Å². The molecule has 156 valence electrons. The number of aromatic nitrogens is 2. The Hall–Kier alpha value is -2.74. The molecule has 2 aromatic rings. The van der Waals surface area contributed by atoms with Gasteiger partial charge in [0.1, 0.15) is 0 Å². The van der Waals surface area contributed by atoms with Crippen LogP contribution < -0.4 is 16.0 Å². The number of nitrogens with one attached hydrogen (secondary N) is 3. The Kier molecular flexibility index (Phi) is 6.32. The first-order valence-electron chi connectivity index (χ1n) is 10.0. The van der Waals surface area contributed by atoms with Gasteiger partial charge in [-0.3, -0.25) is 9.59 Å². The van der Waals surface area contributed by atoms with Crippen LogP contribution in [0.3, 0.4) is 0 Å². The summed E-state index contributed by atoms with van der Waals surface area (Å²) in [4.78, 5) is 32.9. The van der Waals surface area contributed by atoms with Crippen LogP contribution in [0.15, 0.2) is 24.4 Å². The van der Waals surface area contributed by atoms with Gasteiger partial charge in [0.2, 0.25) is 11.9 Å². The number of fused-ring (bicyclic) bond motifs is 1. The zero-order valence-corrected chi connectivity index (χ0v) is 17.2. The zero-order chi connectivity index (χ0) is 21.0. The van der Waals surface area contributed by atoms with Crippen LogP contribution in [0.1, 0.15) is 56.8 Å². The van der Waals surface area contributed by atoms with Crippen molar-refractivity contribution < 1.29 is 14.7 Å². The smallest absolute Gasteiger partial charge is 0.253 e. The van der Waals surface area contributed by atoms with E-state index < -0.39 is 5.54 Å². The van der Waals surface area contributed by atoms with Gasteiger partial charge >= 0.3 is 0 Å². The maximum absolute atomic E-state index is 12.7. The third kappa shape index (κ3) is 5.41. The molecule has 0 aliphatic heterocycles. The molecule has 1 aliphatic carbocycles. The van der Waals surface area contributed by atoms with Gasteiger partial charge in [0.15, 0.2) is 0 Å². The highest BCUT2D eigenvalue weighted by molar-refractivity contribution is 6.05. The minimum absolute atomic E-state index is 0.00875. The predicted octanol–water partition coefficient (Wildman–Crippen LogP) is 1.99. The second kappa shape index (κ2) is 8.73. The number of carbonyl (C=O) groups excluding carboxylic acids is 2. The first-order chi connectivity index (χ1) is 13.8. The van der Waals surface area contributed by atoms with Gasteiger partial charge in [0.25, 0.3) is 5.91 Å². The molecule has 1 aromatic heterocycles. The maximum Gasteiger partial charge on any atom is 0.253 e. The lowest BCUT2D eigenvalue weighted by Gasteiger charge is -2.29. The van der Waals surface area contributed by atoms with Crippen LogP contribution in [0, 0.1) is 0 Å². The van der Waals surface area contributed by atoms with E-state index in [-0.39, 0.29) is 30.5 Å². The van der Waals surface area contributed by atoms with Gasteiger partial charge in [-0.2, -0.15) is 0 Å². The van der Waals surface area contributed by atoms with Crippen molar-refractivity contribution in [1.82, 2.24) is 20.6 Å². The molecule has 0 unspecified atom stereocenters. The molecular formula is C21H29N5O3. The highest BCUT2D eigenvalue weighted by Crippen LogP contribution is 2.23. The molecule has 2 amide bonds. The molecule has 29 heavy (non-hydrogen) atoms. The summed E-state index contributed by atoms with van der Waals surface area (Å²) in [5.41, 5.74) is 0.298. The van der Waals surface area contributed by atoms with Crippen molar-refractivity contribution in [2.75, 3.05) is 11.9 Å². The Morgan fingerprint density at radius 1 is 1.17 bits per heavy atom. The second-order valence-electron chi connectivity index (χ2n) is 8.33. The quantitative estimate of drug-likeness (QED) is 0.590. The molecule has 1 fully saturated rings. The zero-order valence-electron chi connectivity index (χ0n) is 17.2. The molecule has 1 heterocycles. The topological polar surface area (TPSA) is 116 Å². The van der Waals surface area contributed by atoms with Crippen molar-refractivity contribution in [2.45, 2.75) is 64.1 Å². The van der Waals surface area contributed by atoms with Gasteiger partial charge in [-0.15, -0.1) is 0 Å². The Balaban J connectivity index is 1.74. The molecule has 0 bridgehead atoms. The number of carbonyl (C=O) groups is 2. The molecule has 0 radical (unpaired) electrons. The van der Waals surface area contributed by atoms with Crippen LogP contribution in [0.2, 0.25) is 0 Å². The van der Waals surface area contributed by atoms with Crippen LogP contribution in [0.25, 0.3) is 10.9 Å². The number of nitrogens with zero attached hydrogens (tertiary/aromatic N) is 2. The van der Waals surface area contributed by atoms with Crippen LogP contribution in [0.4, 0.5) is 5.95 Å². The minimum Gasteiger partial charge on any atom is -0.394 e. The Morgan fingerprint density at radius 3 is 2.52 bits per heavy atom. The number of amides is 2. The molecule has 8 nitrogen and oxygen atoms in total. The lowest BCUT2D eigenvalue weighted by Crippen LogP contribution is -2.46. The third-order valence-electron chi connectivity index (χ3n) is 5.17. The summed E-state index contributed by atoms with van der Waals surface area (Å²) in [5, 5.41) is 19.4. The first-order valence-corrected chi connectivity index (χ1v) is 10.0. The average molecular weight is 399 g/mol. The molecule has 4 N–H and O–H groups in total. The molecule has 1 aromatic carbocycles. The fourth-order valence-electron chi connectivity index (χ4n) is 3.57. The SMILES string of the molecule is CC(=O)N[C@H]1CC[C@H](Nc2ncc3cccc(C(=O)NC(C)(C)CO)c3n2)CC1. The maximum atomic E-state index is 12.7. The largest absolute Gasteiger partial charge is 0.394 e. The van der Waals surface area contributed by atoms with Crippen LogP contribution in [0.5, 0.6) is 0 Å². The van der Waals surface area contributed by atoms with E-state index in [9.17, 15) is 14.7 Å². The van der Waals surface area contributed by atoms with Crippen molar-refractivity contribution in [3.63, 3.8) is 0 Å². The fourth-order valence-corrected chi connectivity index (χ4v) is 3.57. The Bertz CT molecular complexity index is 891. The fraction of sp³-hybridized carbons (Fsp3) is 0.524. The molecule has 3 rings (SSSR count). The molecule has 0 spiro atoms. The van der Waals surface area contributed by atoms with E-state index in [0.717, 1.165) is 31.1 Å². The van der Waals surface area contributed by atoms with E-state index in [4.69, 9.17) is 0 Å². The summed E-state index contributed by atoms with van der Waals surface area (Å²) in [5.74, 6) is 0.215. The van der Waals surface area contributed by atoms with Crippen molar-refractivity contribution in [1.29, 1.82) is 0 Å². The van der Waals surface area contributed by atoms with Crippen molar-refractivity contribution in [3.05, 3.63) is 30.0 Å². The molecule has 1 saturated carbocycles. The van der Waals surface area contributed by atoms with Crippen LogP contribution >= 0.6 is 0 Å². The highest BCUT2D eigenvalue weighted by atomic mass is 16.3. The minimum atomic E-state index is -0.722. The average Bonchev–Trinajstić information content (AvgIpc) is 2.68. The molecule has 8 heteroatoms. The van der Waals surface area contributed by atoms with Gasteiger partial charge < -0.3 is 21.1 Å².